The van der Waals surface area contributed by atoms with Gasteiger partial charge < -0.3 is 10.4 Å². The zero-order valence-electron chi connectivity index (χ0n) is 12.3. The van der Waals surface area contributed by atoms with Gasteiger partial charge in [-0.1, -0.05) is 30.7 Å². The first-order valence-corrected chi connectivity index (χ1v) is 7.73. The maximum Gasteiger partial charge on any atom is 0.303 e. The molecule has 0 aliphatic heterocycles. The van der Waals surface area contributed by atoms with E-state index >= 15 is 0 Å². The van der Waals surface area contributed by atoms with Gasteiger partial charge in [0.2, 0.25) is 5.91 Å². The molecule has 4 heteroatoms. The van der Waals surface area contributed by atoms with E-state index in [4.69, 9.17) is 5.11 Å². The van der Waals surface area contributed by atoms with Crippen LogP contribution in [-0.2, 0) is 22.4 Å². The van der Waals surface area contributed by atoms with Gasteiger partial charge in [-0.25, -0.2) is 0 Å². The van der Waals surface area contributed by atoms with Crippen LogP contribution in [0.5, 0.6) is 0 Å². The van der Waals surface area contributed by atoms with E-state index in [0.29, 0.717) is 13.0 Å². The number of benzene rings is 1. The van der Waals surface area contributed by atoms with Crippen molar-refractivity contribution in [1.82, 2.24) is 5.32 Å². The topological polar surface area (TPSA) is 66.4 Å². The molecule has 0 bridgehead atoms. The third kappa shape index (κ3) is 4.88. The summed E-state index contributed by atoms with van der Waals surface area (Å²) in [7, 11) is 0. The van der Waals surface area contributed by atoms with Crippen LogP contribution in [0.15, 0.2) is 24.3 Å². The minimum absolute atomic E-state index is 0.0823. The van der Waals surface area contributed by atoms with E-state index in [9.17, 15) is 9.59 Å². The van der Waals surface area contributed by atoms with Gasteiger partial charge >= 0.3 is 5.97 Å². The summed E-state index contributed by atoms with van der Waals surface area (Å²) in [5.74, 6) is -0.526. The number of carboxylic acid groups (broad SMARTS) is 1. The van der Waals surface area contributed by atoms with Gasteiger partial charge in [0.15, 0.2) is 0 Å². The van der Waals surface area contributed by atoms with E-state index in [-0.39, 0.29) is 18.2 Å². The van der Waals surface area contributed by atoms with Gasteiger partial charge in [0, 0.05) is 18.9 Å². The average Bonchev–Trinajstić information content (AvgIpc) is 2.49. The average molecular weight is 289 g/mol. The molecule has 0 saturated carbocycles. The van der Waals surface area contributed by atoms with Crippen LogP contribution in [0.3, 0.4) is 0 Å². The third-order valence-electron chi connectivity index (χ3n) is 4.08. The number of carbonyl (C=O) groups is 2. The molecule has 21 heavy (non-hydrogen) atoms. The Bertz CT molecular complexity index is 499. The van der Waals surface area contributed by atoms with Gasteiger partial charge in [-0.3, -0.25) is 9.59 Å². The summed E-state index contributed by atoms with van der Waals surface area (Å²) in [4.78, 5) is 22.5. The fraction of sp³-hybridized carbons (Fsp3) is 0.529. The third-order valence-corrected chi connectivity index (χ3v) is 4.08. The minimum Gasteiger partial charge on any atom is -0.481 e. The summed E-state index contributed by atoms with van der Waals surface area (Å²) < 4.78 is 0. The van der Waals surface area contributed by atoms with Crippen molar-refractivity contribution >= 4 is 11.9 Å². The second-order valence-electron chi connectivity index (χ2n) is 5.70. The smallest absolute Gasteiger partial charge is 0.303 e. The summed E-state index contributed by atoms with van der Waals surface area (Å²) in [6.07, 6.45) is 5.33. The Morgan fingerprint density at radius 1 is 1.14 bits per heavy atom. The fourth-order valence-electron chi connectivity index (χ4n) is 2.86. The Balaban J connectivity index is 1.67. The van der Waals surface area contributed by atoms with Crippen molar-refractivity contribution in [2.45, 2.75) is 44.9 Å². The normalized spacial score (nSPS) is 17.0. The second kappa shape index (κ2) is 7.81. The zero-order valence-corrected chi connectivity index (χ0v) is 12.3. The van der Waals surface area contributed by atoms with Crippen molar-refractivity contribution in [3.63, 3.8) is 0 Å². The molecule has 2 N–H and O–H groups in total. The first kappa shape index (κ1) is 15.5. The summed E-state index contributed by atoms with van der Waals surface area (Å²) in [5.41, 5.74) is 2.67. The van der Waals surface area contributed by atoms with Gasteiger partial charge in [-0.05, 0) is 43.2 Å². The first-order chi connectivity index (χ1) is 10.2. The number of amides is 1. The number of carbonyl (C=O) groups excluding carboxylic acids is 1. The van der Waals surface area contributed by atoms with Crippen molar-refractivity contribution < 1.29 is 14.7 Å². The molecular weight excluding hydrogens is 266 g/mol. The molecule has 1 unspecified atom stereocenters. The number of aryl methyl sites for hydroxylation is 1. The van der Waals surface area contributed by atoms with Crippen molar-refractivity contribution in [3.8, 4) is 0 Å². The Hall–Kier alpha value is -1.84. The molecule has 4 nitrogen and oxygen atoms in total. The Morgan fingerprint density at radius 3 is 2.67 bits per heavy atom. The molecule has 1 aliphatic carbocycles. The van der Waals surface area contributed by atoms with Gasteiger partial charge in [-0.15, -0.1) is 0 Å². The van der Waals surface area contributed by atoms with Crippen molar-refractivity contribution in [1.29, 1.82) is 0 Å². The van der Waals surface area contributed by atoms with Crippen LogP contribution in [0.4, 0.5) is 0 Å². The van der Waals surface area contributed by atoms with E-state index in [2.05, 4.69) is 23.5 Å². The highest BCUT2D eigenvalue weighted by Crippen LogP contribution is 2.25. The molecule has 0 spiro atoms. The van der Waals surface area contributed by atoms with Crippen LogP contribution in [0.25, 0.3) is 0 Å². The monoisotopic (exact) mass is 289 g/mol. The number of hydrogen-bond donors (Lipinski definition) is 2. The van der Waals surface area contributed by atoms with Crippen LogP contribution in [0.1, 0.15) is 43.2 Å². The number of fused-ring (bicyclic) bond motifs is 1. The molecule has 0 heterocycles. The van der Waals surface area contributed by atoms with Gasteiger partial charge in [0.25, 0.3) is 0 Å². The molecule has 1 amide bonds. The Labute approximate surface area is 125 Å². The number of carboxylic acids is 1. The predicted octanol–water partition coefficient (Wildman–Crippen LogP) is 2.55. The lowest BCUT2D eigenvalue weighted by molar-refractivity contribution is -0.137. The maximum atomic E-state index is 12.1. The molecule has 114 valence electrons. The van der Waals surface area contributed by atoms with E-state index < -0.39 is 5.97 Å². The van der Waals surface area contributed by atoms with Gasteiger partial charge in [0.05, 0.1) is 0 Å². The van der Waals surface area contributed by atoms with E-state index in [0.717, 1.165) is 32.1 Å². The highest BCUT2D eigenvalue weighted by Gasteiger charge is 2.23. The van der Waals surface area contributed by atoms with E-state index in [1.165, 1.54) is 11.1 Å². The number of nitrogens with one attached hydrogen (secondary N) is 1. The number of unbranched alkanes of at least 4 members (excludes halogenated alkanes) is 2. The zero-order chi connectivity index (χ0) is 15.1. The summed E-state index contributed by atoms with van der Waals surface area (Å²) in [5, 5.41) is 11.5. The van der Waals surface area contributed by atoms with E-state index in [1.54, 1.807) is 0 Å². The standard InChI is InChI=1S/C17H23NO3/c19-16(20)8-2-1-5-11-18-17(21)15-10-9-13-6-3-4-7-14(13)12-15/h3-4,6-7,15H,1-2,5,8-12H2,(H,18,21)(H,19,20). The Morgan fingerprint density at radius 2 is 1.90 bits per heavy atom. The summed E-state index contributed by atoms with van der Waals surface area (Å²) in [6, 6.07) is 8.34. The number of aliphatic carboxylic acids is 1. The molecule has 1 atom stereocenters. The minimum atomic E-state index is -0.750. The number of hydrogen-bond acceptors (Lipinski definition) is 2. The molecule has 0 aromatic heterocycles. The molecule has 0 fully saturated rings. The lowest BCUT2D eigenvalue weighted by Gasteiger charge is -2.23. The largest absolute Gasteiger partial charge is 0.481 e. The molecule has 1 aliphatic rings. The summed E-state index contributed by atoms with van der Waals surface area (Å²) in [6.45, 7) is 0.649. The van der Waals surface area contributed by atoms with Crippen molar-refractivity contribution in [2.24, 2.45) is 5.92 Å². The van der Waals surface area contributed by atoms with Gasteiger partial charge in [-0.2, -0.15) is 0 Å². The summed E-state index contributed by atoms with van der Waals surface area (Å²) >= 11 is 0. The Kier molecular flexibility index (Phi) is 5.78. The predicted molar refractivity (Wildman–Crippen MR) is 81.1 cm³/mol. The molecule has 2 rings (SSSR count). The molecule has 1 aromatic carbocycles. The van der Waals surface area contributed by atoms with Crippen LogP contribution in [0.2, 0.25) is 0 Å². The van der Waals surface area contributed by atoms with Crippen molar-refractivity contribution in [2.75, 3.05) is 6.54 Å². The van der Waals surface area contributed by atoms with Crippen molar-refractivity contribution in [3.05, 3.63) is 35.4 Å². The van der Waals surface area contributed by atoms with Gasteiger partial charge in [0.1, 0.15) is 0 Å². The second-order valence-corrected chi connectivity index (χ2v) is 5.70. The van der Waals surface area contributed by atoms with Crippen LogP contribution < -0.4 is 5.32 Å². The molecule has 0 radical (unpaired) electrons. The molecular formula is C17H23NO3. The maximum absolute atomic E-state index is 12.1. The first-order valence-electron chi connectivity index (χ1n) is 7.73. The number of rotatable bonds is 7. The van der Waals surface area contributed by atoms with Crippen LogP contribution in [-0.4, -0.2) is 23.5 Å². The fourth-order valence-corrected chi connectivity index (χ4v) is 2.86. The van der Waals surface area contributed by atoms with E-state index in [1.807, 2.05) is 6.07 Å². The van der Waals surface area contributed by atoms with Crippen LogP contribution >= 0.6 is 0 Å². The SMILES string of the molecule is O=C(O)CCCCCNC(=O)C1CCc2ccccc2C1. The lowest BCUT2D eigenvalue weighted by Crippen LogP contribution is -2.34. The highest BCUT2D eigenvalue weighted by molar-refractivity contribution is 5.79. The lowest BCUT2D eigenvalue weighted by atomic mass is 9.83. The molecule has 0 saturated heterocycles. The molecule has 1 aromatic rings. The quantitative estimate of drug-likeness (QED) is 0.758. The highest BCUT2D eigenvalue weighted by atomic mass is 16.4. The van der Waals surface area contributed by atoms with Crippen LogP contribution in [0, 0.1) is 5.92 Å².